The van der Waals surface area contributed by atoms with Gasteiger partial charge in [-0.25, -0.2) is 4.79 Å². The molecule has 0 bridgehead atoms. The van der Waals surface area contributed by atoms with Gasteiger partial charge in [-0.05, 0) is 17.7 Å². The van der Waals surface area contributed by atoms with Crippen molar-refractivity contribution < 1.29 is 40.7 Å². The highest BCUT2D eigenvalue weighted by Gasteiger charge is 2.44. The maximum atomic E-state index is 12.4. The molecule has 1 aliphatic rings. The Balaban J connectivity index is 1.65. The van der Waals surface area contributed by atoms with Gasteiger partial charge in [0.25, 0.3) is 0 Å². The number of carbonyl (C=O) groups is 1. The minimum absolute atomic E-state index is 0.0803. The van der Waals surface area contributed by atoms with E-state index in [1.807, 2.05) is 0 Å². The quantitative estimate of drug-likeness (QED) is 0.759. The number of hydrogen-bond donors (Lipinski definition) is 0. The van der Waals surface area contributed by atoms with Crippen LogP contribution in [0.4, 0.5) is 26.3 Å². The number of carbonyl (C=O) groups excluding carboxylic acids is 1. The van der Waals surface area contributed by atoms with Gasteiger partial charge in [-0.1, -0.05) is 12.1 Å². The molecule has 0 unspecified atom stereocenters. The fraction of sp³-hybridized carbons (Fsp3) is 0.500. The van der Waals surface area contributed by atoms with Crippen molar-refractivity contribution in [2.24, 2.45) is 5.92 Å². The van der Waals surface area contributed by atoms with Crippen molar-refractivity contribution in [3.63, 3.8) is 0 Å². The van der Waals surface area contributed by atoms with E-state index in [2.05, 4.69) is 4.84 Å². The van der Waals surface area contributed by atoms with Gasteiger partial charge in [0.15, 0.2) is 0 Å². The summed E-state index contributed by atoms with van der Waals surface area (Å²) >= 11 is 0. The van der Waals surface area contributed by atoms with Crippen LogP contribution in [0.5, 0.6) is 0 Å². The largest absolute Gasteiger partial charge is 0.492 e. The number of halogens is 6. The third-order valence-corrected chi connectivity index (χ3v) is 3.27. The number of benzene rings is 1. The van der Waals surface area contributed by atoms with Gasteiger partial charge >= 0.3 is 18.3 Å². The minimum atomic E-state index is -5.04. The van der Waals surface area contributed by atoms with Gasteiger partial charge in [0.1, 0.15) is 0 Å². The molecular formula is C14H13F6NO3. The second-order valence-corrected chi connectivity index (χ2v) is 5.30. The molecule has 0 amide bonds. The van der Waals surface area contributed by atoms with E-state index >= 15 is 0 Å². The molecule has 24 heavy (non-hydrogen) atoms. The third-order valence-electron chi connectivity index (χ3n) is 3.27. The molecule has 0 aliphatic carbocycles. The van der Waals surface area contributed by atoms with E-state index in [9.17, 15) is 31.1 Å². The summed E-state index contributed by atoms with van der Waals surface area (Å²) in [4.78, 5) is 14.7. The summed E-state index contributed by atoms with van der Waals surface area (Å²) in [6.07, 6.45) is -9.44. The first-order chi connectivity index (χ1) is 11.1. The lowest BCUT2D eigenvalue weighted by Crippen LogP contribution is -2.50. The first kappa shape index (κ1) is 18.5. The van der Waals surface area contributed by atoms with Crippen molar-refractivity contribution in [3.8, 4) is 0 Å². The van der Waals surface area contributed by atoms with Crippen molar-refractivity contribution in [3.05, 3.63) is 35.4 Å². The van der Waals surface area contributed by atoms with Crippen molar-refractivity contribution >= 4 is 5.97 Å². The molecule has 1 aromatic carbocycles. The first-order valence-electron chi connectivity index (χ1n) is 6.83. The molecule has 2 rings (SSSR count). The third kappa shape index (κ3) is 5.10. The van der Waals surface area contributed by atoms with E-state index in [0.29, 0.717) is 5.56 Å². The monoisotopic (exact) mass is 357 g/mol. The Morgan fingerprint density at radius 3 is 2.17 bits per heavy atom. The number of rotatable bonds is 5. The Hall–Kier alpha value is -1.81. The molecule has 0 radical (unpaired) electrons. The van der Waals surface area contributed by atoms with Crippen LogP contribution in [0.3, 0.4) is 0 Å². The van der Waals surface area contributed by atoms with Gasteiger partial charge in [0.2, 0.25) is 0 Å². The molecule has 4 nitrogen and oxygen atoms in total. The fourth-order valence-corrected chi connectivity index (χ4v) is 2.00. The normalized spacial score (nSPS) is 16.8. The number of hydroxylamine groups is 2. The van der Waals surface area contributed by atoms with Crippen LogP contribution in [0.1, 0.15) is 11.1 Å². The Labute approximate surface area is 132 Å². The van der Waals surface area contributed by atoms with E-state index in [-0.39, 0.29) is 32.2 Å². The average molecular weight is 357 g/mol. The van der Waals surface area contributed by atoms with Gasteiger partial charge in [0, 0.05) is 19.0 Å². The van der Waals surface area contributed by atoms with Crippen LogP contribution in [-0.2, 0) is 27.2 Å². The summed E-state index contributed by atoms with van der Waals surface area (Å²) in [5.74, 6) is -2.38. The predicted molar refractivity (Wildman–Crippen MR) is 68.3 cm³/mol. The number of nitrogens with zero attached hydrogens (tertiary/aromatic N) is 1. The fourth-order valence-electron chi connectivity index (χ4n) is 2.00. The Bertz CT molecular complexity index is 563. The molecule has 0 atom stereocenters. The molecule has 0 N–H and O–H groups in total. The molecule has 1 fully saturated rings. The lowest BCUT2D eigenvalue weighted by Gasteiger charge is -2.36. The summed E-state index contributed by atoms with van der Waals surface area (Å²) in [5, 5.41) is 0.877. The van der Waals surface area contributed by atoms with Crippen LogP contribution >= 0.6 is 0 Å². The van der Waals surface area contributed by atoms with Crippen LogP contribution in [-0.4, -0.2) is 36.9 Å². The van der Waals surface area contributed by atoms with Gasteiger partial charge in [-0.3, -0.25) is 0 Å². The summed E-state index contributed by atoms with van der Waals surface area (Å²) in [6.45, 7) is 0.488. The maximum Gasteiger partial charge on any atom is 0.492 e. The van der Waals surface area contributed by atoms with E-state index in [1.165, 1.54) is 12.1 Å². The summed E-state index contributed by atoms with van der Waals surface area (Å²) < 4.78 is 78.4. The lowest BCUT2D eigenvalue weighted by molar-refractivity contribution is -0.261. The van der Waals surface area contributed by atoms with E-state index in [0.717, 1.165) is 17.2 Å². The molecule has 0 aromatic heterocycles. The van der Waals surface area contributed by atoms with E-state index < -0.39 is 23.9 Å². The van der Waals surface area contributed by atoms with Crippen molar-refractivity contribution in [2.45, 2.75) is 19.0 Å². The molecule has 1 aromatic rings. The first-order valence-corrected chi connectivity index (χ1v) is 6.83. The lowest BCUT2D eigenvalue weighted by atomic mass is 10.0. The summed E-state index contributed by atoms with van der Waals surface area (Å²) in [6, 6.07) is 4.47. The molecule has 0 saturated carbocycles. The number of ether oxygens (including phenoxy) is 1. The molecule has 0 spiro atoms. The van der Waals surface area contributed by atoms with Crippen molar-refractivity contribution in [2.75, 3.05) is 19.7 Å². The molecule has 134 valence electrons. The zero-order chi connectivity index (χ0) is 18.0. The van der Waals surface area contributed by atoms with E-state index in [1.54, 1.807) is 0 Å². The smallest absolute Gasteiger partial charge is 0.376 e. The SMILES string of the molecule is O=C(ON1CC(COCc2ccc(C(F)(F)F)cc2)C1)C(F)(F)F. The average Bonchev–Trinajstić information content (AvgIpc) is 2.42. The zero-order valence-electron chi connectivity index (χ0n) is 12.2. The van der Waals surface area contributed by atoms with Crippen molar-refractivity contribution in [1.82, 2.24) is 5.06 Å². The number of alkyl halides is 6. The van der Waals surface area contributed by atoms with Crippen LogP contribution in [0.2, 0.25) is 0 Å². The highest BCUT2D eigenvalue weighted by molar-refractivity contribution is 5.75. The van der Waals surface area contributed by atoms with Gasteiger partial charge < -0.3 is 9.57 Å². The summed E-state index contributed by atoms with van der Waals surface area (Å²) in [7, 11) is 0. The topological polar surface area (TPSA) is 38.8 Å². The van der Waals surface area contributed by atoms with Crippen LogP contribution in [0.25, 0.3) is 0 Å². The van der Waals surface area contributed by atoms with Crippen LogP contribution in [0.15, 0.2) is 24.3 Å². The molecule has 1 aliphatic heterocycles. The van der Waals surface area contributed by atoms with Gasteiger partial charge in [0.05, 0.1) is 18.8 Å². The zero-order valence-corrected chi connectivity index (χ0v) is 12.2. The minimum Gasteiger partial charge on any atom is -0.376 e. The Morgan fingerprint density at radius 1 is 1.08 bits per heavy atom. The summed E-state index contributed by atoms with van der Waals surface area (Å²) in [5.41, 5.74) is -0.213. The Morgan fingerprint density at radius 2 is 1.67 bits per heavy atom. The highest BCUT2D eigenvalue weighted by Crippen LogP contribution is 2.29. The molecular weight excluding hydrogens is 344 g/mol. The second-order valence-electron chi connectivity index (χ2n) is 5.30. The van der Waals surface area contributed by atoms with Crippen molar-refractivity contribution in [1.29, 1.82) is 0 Å². The van der Waals surface area contributed by atoms with Gasteiger partial charge in [-0.15, -0.1) is 5.06 Å². The standard InChI is InChI=1S/C14H13F6NO3/c15-13(16,17)11-3-1-9(2-4-11)7-23-8-10-5-21(6-10)24-12(22)14(18,19)20/h1-4,10H,5-8H2. The van der Waals surface area contributed by atoms with Crippen LogP contribution in [0, 0.1) is 5.92 Å². The van der Waals surface area contributed by atoms with Gasteiger partial charge in [-0.2, -0.15) is 26.3 Å². The van der Waals surface area contributed by atoms with Crippen LogP contribution < -0.4 is 0 Å². The molecule has 1 heterocycles. The molecule has 10 heteroatoms. The maximum absolute atomic E-state index is 12.4. The van der Waals surface area contributed by atoms with E-state index in [4.69, 9.17) is 4.74 Å². The highest BCUT2D eigenvalue weighted by atomic mass is 19.4. The predicted octanol–water partition coefficient (Wildman–Crippen LogP) is 3.17. The number of hydrogen-bond acceptors (Lipinski definition) is 4. The molecule has 1 saturated heterocycles. The Kier molecular flexibility index (Phi) is 5.38. The second kappa shape index (κ2) is 6.98.